The van der Waals surface area contributed by atoms with Gasteiger partial charge in [0, 0.05) is 30.6 Å². The highest BCUT2D eigenvalue weighted by molar-refractivity contribution is 5.95. The monoisotopic (exact) mass is 468 g/mol. The first-order chi connectivity index (χ1) is 17.2. The number of nitrogens with zero attached hydrogens (tertiary/aromatic N) is 2. The highest BCUT2D eigenvalue weighted by atomic mass is 16.5. The maximum atomic E-state index is 13.6. The number of likely N-dealkylation sites (tertiary alicyclic amines) is 1. The number of carbonyl (C=O) groups excluding carboxylic acids is 2. The summed E-state index contributed by atoms with van der Waals surface area (Å²) in [4.78, 5) is 29.9. The Morgan fingerprint density at radius 1 is 0.743 bits per heavy atom. The van der Waals surface area contributed by atoms with Crippen LogP contribution in [0.5, 0.6) is 5.75 Å². The van der Waals surface area contributed by atoms with Gasteiger partial charge in [-0.3, -0.25) is 9.59 Å². The maximum absolute atomic E-state index is 13.6. The molecule has 0 N–H and O–H groups in total. The lowest BCUT2D eigenvalue weighted by Crippen LogP contribution is -2.44. The van der Waals surface area contributed by atoms with E-state index in [1.54, 1.807) is 0 Å². The van der Waals surface area contributed by atoms with E-state index in [2.05, 4.69) is 0 Å². The molecule has 1 aliphatic heterocycles. The van der Waals surface area contributed by atoms with E-state index >= 15 is 0 Å². The number of hydrogen-bond donors (Lipinski definition) is 0. The van der Waals surface area contributed by atoms with Crippen molar-refractivity contribution in [3.05, 3.63) is 96.1 Å². The Balaban J connectivity index is 1.23. The van der Waals surface area contributed by atoms with Crippen molar-refractivity contribution in [1.29, 1.82) is 0 Å². The molecule has 0 bridgehead atoms. The summed E-state index contributed by atoms with van der Waals surface area (Å²) in [6.07, 6.45) is 3.50. The zero-order valence-electron chi connectivity index (χ0n) is 20.0. The van der Waals surface area contributed by atoms with Crippen molar-refractivity contribution < 1.29 is 14.3 Å². The molecule has 5 nitrogen and oxygen atoms in total. The second-order valence-electron chi connectivity index (χ2n) is 9.55. The Morgan fingerprint density at radius 2 is 1.37 bits per heavy atom. The number of hydrogen-bond acceptors (Lipinski definition) is 3. The highest BCUT2D eigenvalue weighted by Gasteiger charge is 2.37. The second-order valence-corrected chi connectivity index (χ2v) is 9.55. The molecule has 5 heteroatoms. The third kappa shape index (κ3) is 5.91. The Morgan fingerprint density at radius 3 is 2.00 bits per heavy atom. The minimum absolute atomic E-state index is 0.0630. The Labute approximate surface area is 207 Å². The third-order valence-electron chi connectivity index (χ3n) is 6.93. The first-order valence-electron chi connectivity index (χ1n) is 12.6. The molecule has 3 aromatic rings. The van der Waals surface area contributed by atoms with E-state index in [0.29, 0.717) is 26.2 Å². The van der Waals surface area contributed by atoms with Crippen LogP contribution < -0.4 is 9.64 Å². The van der Waals surface area contributed by atoms with Crippen LogP contribution in [0.1, 0.15) is 36.8 Å². The number of ether oxygens (including phenoxy) is 1. The third-order valence-corrected chi connectivity index (χ3v) is 6.93. The summed E-state index contributed by atoms with van der Waals surface area (Å²) in [6.45, 7) is 2.39. The smallest absolute Gasteiger partial charge is 0.230 e. The van der Waals surface area contributed by atoms with Crippen LogP contribution in [0.3, 0.4) is 0 Å². The average Bonchev–Trinajstić information content (AvgIpc) is 3.77. The van der Waals surface area contributed by atoms with Gasteiger partial charge in [0.2, 0.25) is 11.8 Å². The SMILES string of the molecule is O=C(C1CC1)N1CCC(C(=O)N(Cc2ccc(OCc3ccccc3)cc2)c2ccccc2)CC1. The van der Waals surface area contributed by atoms with E-state index in [4.69, 9.17) is 4.74 Å². The molecule has 2 fully saturated rings. The molecule has 0 aromatic heterocycles. The lowest BCUT2D eigenvalue weighted by molar-refractivity contribution is -0.136. The zero-order valence-corrected chi connectivity index (χ0v) is 20.0. The van der Waals surface area contributed by atoms with Gasteiger partial charge in [-0.15, -0.1) is 0 Å². The molecule has 0 spiro atoms. The molecule has 1 heterocycles. The van der Waals surface area contributed by atoms with Crippen LogP contribution in [0.15, 0.2) is 84.9 Å². The van der Waals surface area contributed by atoms with Crippen LogP contribution in [0.4, 0.5) is 5.69 Å². The van der Waals surface area contributed by atoms with Gasteiger partial charge in [0.15, 0.2) is 0 Å². The topological polar surface area (TPSA) is 49.9 Å². The van der Waals surface area contributed by atoms with Gasteiger partial charge in [-0.2, -0.15) is 0 Å². The van der Waals surface area contributed by atoms with Gasteiger partial charge < -0.3 is 14.5 Å². The lowest BCUT2D eigenvalue weighted by atomic mass is 9.94. The van der Waals surface area contributed by atoms with Crippen LogP contribution in [0.25, 0.3) is 0 Å². The summed E-state index contributed by atoms with van der Waals surface area (Å²) in [5, 5.41) is 0. The van der Waals surface area contributed by atoms with Crippen LogP contribution in [0.2, 0.25) is 0 Å². The van der Waals surface area contributed by atoms with Gasteiger partial charge in [0.25, 0.3) is 0 Å². The maximum Gasteiger partial charge on any atom is 0.230 e. The fraction of sp³-hybridized carbons (Fsp3) is 0.333. The number of piperidine rings is 1. The summed E-state index contributed by atoms with van der Waals surface area (Å²) in [5.41, 5.74) is 3.08. The van der Waals surface area contributed by atoms with Crippen molar-refractivity contribution >= 4 is 17.5 Å². The minimum atomic E-state index is -0.0630. The van der Waals surface area contributed by atoms with E-state index in [-0.39, 0.29) is 23.7 Å². The number of para-hydroxylation sites is 1. The summed E-state index contributed by atoms with van der Waals surface area (Å²) >= 11 is 0. The number of amides is 2. The van der Waals surface area contributed by atoms with Crippen molar-refractivity contribution in [2.75, 3.05) is 18.0 Å². The molecule has 1 aliphatic carbocycles. The second kappa shape index (κ2) is 10.8. The van der Waals surface area contributed by atoms with Crippen molar-refractivity contribution in [3.8, 4) is 5.75 Å². The molecule has 0 radical (unpaired) electrons. The molecule has 2 amide bonds. The quantitative estimate of drug-likeness (QED) is 0.442. The standard InChI is InChI=1S/C30H32N2O3/c33-29(25-13-14-25)31-19-17-26(18-20-31)30(34)32(27-9-5-2-6-10-27)21-23-11-15-28(16-12-23)35-22-24-7-3-1-4-8-24/h1-12,15-16,25-26H,13-14,17-22H2. The Kier molecular flexibility index (Phi) is 7.12. The van der Waals surface area contributed by atoms with Crippen molar-refractivity contribution in [2.24, 2.45) is 11.8 Å². The summed E-state index contributed by atoms with van der Waals surface area (Å²) < 4.78 is 5.92. The van der Waals surface area contributed by atoms with Gasteiger partial charge in [-0.25, -0.2) is 0 Å². The predicted octanol–water partition coefficient (Wildman–Crippen LogP) is 5.45. The molecular weight excluding hydrogens is 436 g/mol. The zero-order chi connectivity index (χ0) is 24.0. The van der Waals surface area contributed by atoms with Gasteiger partial charge in [0.05, 0.1) is 6.54 Å². The highest BCUT2D eigenvalue weighted by Crippen LogP contribution is 2.33. The first kappa shape index (κ1) is 23.2. The molecule has 180 valence electrons. The van der Waals surface area contributed by atoms with Gasteiger partial charge in [-0.1, -0.05) is 60.7 Å². The number of benzene rings is 3. The Hall–Kier alpha value is -3.60. The van der Waals surface area contributed by atoms with Crippen LogP contribution in [0, 0.1) is 11.8 Å². The van der Waals surface area contributed by atoms with E-state index < -0.39 is 0 Å². The first-order valence-corrected chi connectivity index (χ1v) is 12.6. The van der Waals surface area contributed by atoms with Gasteiger partial charge >= 0.3 is 0 Å². The van der Waals surface area contributed by atoms with Crippen LogP contribution in [-0.2, 0) is 22.7 Å². The summed E-state index contributed by atoms with van der Waals surface area (Å²) in [6, 6.07) is 28.0. The predicted molar refractivity (Wildman–Crippen MR) is 137 cm³/mol. The molecule has 35 heavy (non-hydrogen) atoms. The number of carbonyl (C=O) groups is 2. The fourth-order valence-electron chi connectivity index (χ4n) is 4.67. The number of rotatable bonds is 8. The van der Waals surface area contributed by atoms with Crippen LogP contribution >= 0.6 is 0 Å². The molecule has 5 rings (SSSR count). The molecular formula is C30H32N2O3. The largest absolute Gasteiger partial charge is 0.489 e. The van der Waals surface area contributed by atoms with E-state index in [1.807, 2.05) is 94.7 Å². The molecule has 0 unspecified atom stereocenters. The van der Waals surface area contributed by atoms with Crippen LogP contribution in [-0.4, -0.2) is 29.8 Å². The molecule has 0 atom stereocenters. The van der Waals surface area contributed by atoms with Crippen molar-refractivity contribution in [3.63, 3.8) is 0 Å². The average molecular weight is 469 g/mol. The molecule has 2 aliphatic rings. The van der Waals surface area contributed by atoms with E-state index in [0.717, 1.165) is 48.2 Å². The normalized spacial score (nSPS) is 16.1. The van der Waals surface area contributed by atoms with E-state index in [1.165, 1.54) is 0 Å². The lowest BCUT2D eigenvalue weighted by Gasteiger charge is -2.34. The van der Waals surface area contributed by atoms with Gasteiger partial charge in [-0.05, 0) is 61.1 Å². The summed E-state index contributed by atoms with van der Waals surface area (Å²) in [7, 11) is 0. The minimum Gasteiger partial charge on any atom is -0.489 e. The van der Waals surface area contributed by atoms with Crippen molar-refractivity contribution in [2.45, 2.75) is 38.8 Å². The molecule has 1 saturated carbocycles. The fourth-order valence-corrected chi connectivity index (χ4v) is 4.67. The summed E-state index contributed by atoms with van der Waals surface area (Å²) in [5.74, 6) is 1.40. The molecule has 3 aromatic carbocycles. The van der Waals surface area contributed by atoms with Crippen molar-refractivity contribution in [1.82, 2.24) is 4.90 Å². The Bertz CT molecular complexity index is 1120. The number of anilines is 1. The van der Waals surface area contributed by atoms with Gasteiger partial charge in [0.1, 0.15) is 12.4 Å². The molecule has 1 saturated heterocycles. The van der Waals surface area contributed by atoms with E-state index in [9.17, 15) is 9.59 Å².